The van der Waals surface area contributed by atoms with Crippen molar-refractivity contribution in [3.05, 3.63) is 28.8 Å². The molecule has 6 aliphatic heterocycles. The first kappa shape index (κ1) is 101. The maximum atomic E-state index is 11.3. The second kappa shape index (κ2) is 41.6. The van der Waals surface area contributed by atoms with Gasteiger partial charge in [0.15, 0.2) is 6.29 Å². The van der Waals surface area contributed by atoms with E-state index < -0.39 is 6.29 Å². The van der Waals surface area contributed by atoms with Crippen molar-refractivity contribution in [3.8, 4) is 5.75 Å². The highest BCUT2D eigenvalue weighted by molar-refractivity contribution is 5.50. The summed E-state index contributed by atoms with van der Waals surface area (Å²) in [7, 11) is 6.08. The minimum Gasteiger partial charge on any atom is -0.507 e. The van der Waals surface area contributed by atoms with Gasteiger partial charge in [-0.25, -0.2) is 4.89 Å². The summed E-state index contributed by atoms with van der Waals surface area (Å²) in [6.07, 6.45) is 23.5. The van der Waals surface area contributed by atoms with Gasteiger partial charge in [0.25, 0.3) is 0 Å². The van der Waals surface area contributed by atoms with Gasteiger partial charge in [-0.05, 0) is 304 Å². The fourth-order valence-corrected chi connectivity index (χ4v) is 18.7. The van der Waals surface area contributed by atoms with Crippen molar-refractivity contribution in [2.45, 2.75) is 496 Å². The molecule has 7 N–H and O–H groups in total. The molecule has 1 saturated carbocycles. The van der Waals surface area contributed by atoms with Crippen LogP contribution in [0.3, 0.4) is 0 Å². The molecule has 6 heterocycles. The number of phenolic OH excluding ortho intramolecular Hbond substituents is 1. The number of hydrogen-bond donors (Lipinski definition) is 7. The summed E-state index contributed by atoms with van der Waals surface area (Å²) in [5, 5.41) is 52.2. The van der Waals surface area contributed by atoms with Gasteiger partial charge in [-0.15, -0.1) is 0 Å². The first-order valence-electron chi connectivity index (χ1n) is 42.5. The van der Waals surface area contributed by atoms with Crippen molar-refractivity contribution in [3.63, 3.8) is 0 Å². The van der Waals surface area contributed by atoms with Crippen molar-refractivity contribution >= 4 is 0 Å². The Morgan fingerprint density at radius 3 is 1.07 bits per heavy atom. The van der Waals surface area contributed by atoms with Crippen LogP contribution in [0.1, 0.15) is 380 Å². The molecule has 109 heavy (non-hydrogen) atoms. The summed E-state index contributed by atoms with van der Waals surface area (Å²) in [5.74, 6) is 0.379. The van der Waals surface area contributed by atoms with Crippen LogP contribution in [0.25, 0.3) is 0 Å². The number of likely N-dealkylation sites (tertiary alicyclic amines) is 2. The highest BCUT2D eigenvalue weighted by Gasteiger charge is 2.48. The lowest BCUT2D eigenvalue weighted by Crippen LogP contribution is -2.60. The molecule has 19 nitrogen and oxygen atoms in total. The van der Waals surface area contributed by atoms with Crippen molar-refractivity contribution < 1.29 is 63.5 Å². The first-order valence-corrected chi connectivity index (χ1v) is 42.5. The fraction of sp³-hybridized carbons (Fsp3) is 0.933. The molecule has 8 rings (SSSR count). The van der Waals surface area contributed by atoms with Crippen molar-refractivity contribution in [2.75, 3.05) is 48.4 Å². The number of ether oxygens (including phenoxy) is 8. The van der Waals surface area contributed by atoms with Crippen LogP contribution < -0.4 is 16.0 Å². The third kappa shape index (κ3) is 35.2. The van der Waals surface area contributed by atoms with Crippen molar-refractivity contribution in [1.29, 1.82) is 0 Å². The Labute approximate surface area is 669 Å². The summed E-state index contributed by atoms with van der Waals surface area (Å²) in [6, 6.07) is 4.21. The number of aromatic hydroxyl groups is 1. The molecule has 0 bridgehead atoms. The minimum absolute atomic E-state index is 0.0323. The van der Waals surface area contributed by atoms with E-state index in [0.717, 1.165) is 93.7 Å². The molecule has 1 aromatic carbocycles. The molecule has 0 amide bonds. The molecule has 7 fully saturated rings. The van der Waals surface area contributed by atoms with Crippen LogP contribution in [-0.2, 0) is 60.0 Å². The Morgan fingerprint density at radius 2 is 0.752 bits per heavy atom. The Bertz CT molecular complexity index is 2580. The molecule has 1 aliphatic carbocycles. The predicted molar refractivity (Wildman–Crippen MR) is 450 cm³/mol. The summed E-state index contributed by atoms with van der Waals surface area (Å²) >= 11 is 0. The standard InChI is InChI=1S/C38H68N2O5.C19H37NO4.C11H23NO2.C9H19NO2.C9H19N.C4H10/c1-33(2,3)29-17-26(18-30(32(29)41)34(4,5)6)19-31(44-24-42-27-20-35(7,8)39(15)36(9,10)21-27)45-25-43-28-22-37(11,12)40(16)38(13,14)23-28;1-18(2)12-15(13-19(3,4)20-18)22-14-23-16-10-8-6-5-7-9-11-17(16)24-21;1-10(2)6-9(14-8-13-5)7-11(3,4)12-10;1-8(2)5-7(11)6-9(3,4)10(8)12;1-8(2)6-5-7-9(3,4)10-8;1-3-4-2/h17-18,27-28,31,41H,19-25H2,1-16H3;15-17,20-21H,5-14H2,1-4H3;9,12H,6-8H2,1-5H3;7,11-12H,5-6H2,1-4H3;10H,5-7H2,1-4H3;3-4H2,1-2H3. The van der Waals surface area contributed by atoms with E-state index in [1.54, 1.807) is 7.11 Å². The number of unbranched alkanes of at least 4 members (excludes halogenated alkanes) is 1. The smallest absolute Gasteiger partial charge is 0.167 e. The largest absolute Gasteiger partial charge is 0.507 e. The Kier molecular flexibility index (Phi) is 38.7. The Balaban J connectivity index is 0.000000397. The average molecular weight is 1550 g/mol. The second-order valence-corrected chi connectivity index (χ2v) is 43.6. The molecule has 0 radical (unpaired) electrons. The van der Waals surface area contributed by atoms with Gasteiger partial charge >= 0.3 is 0 Å². The lowest BCUT2D eigenvalue weighted by Gasteiger charge is -2.53. The SMILES string of the molecule is CC1(C)CC(O)CC(C)(C)N1O.CC1(C)CC(OCOC2CCCCCCCC2OO)CC(C)(C)N1.CC1(C)CCCC(C)(C)N1.CCCC.CN1C(C)(C)CC(OCOC(Cc2cc(C(C)(C)C)c(O)c(C(C)(C)C)c2)OCOC2CC(C)(C)N(C)C(C)(C)C2)CC1(C)C.COCOC1CC(C)(C)NC(C)(C)C1. The molecule has 644 valence electrons. The van der Waals surface area contributed by atoms with Crippen LogP contribution >= 0.6 is 0 Å². The van der Waals surface area contributed by atoms with Gasteiger partial charge in [-0.2, -0.15) is 5.06 Å². The van der Waals surface area contributed by atoms with Crippen molar-refractivity contribution in [1.82, 2.24) is 30.8 Å². The number of nitrogens with one attached hydrogen (secondary N) is 3. The van der Waals surface area contributed by atoms with Gasteiger partial charge in [-0.3, -0.25) is 15.1 Å². The second-order valence-electron chi connectivity index (χ2n) is 43.6. The van der Waals surface area contributed by atoms with Crippen LogP contribution in [0, 0.1) is 0 Å². The number of hydrogen-bond acceptors (Lipinski definition) is 19. The lowest BCUT2D eigenvalue weighted by molar-refractivity contribution is -0.308. The zero-order valence-electron chi connectivity index (χ0n) is 77.2. The number of piperidine rings is 6. The van der Waals surface area contributed by atoms with E-state index in [2.05, 4.69) is 246 Å². The minimum atomic E-state index is -0.560. The highest BCUT2D eigenvalue weighted by atomic mass is 17.1. The van der Waals surface area contributed by atoms with Gasteiger partial charge in [0.1, 0.15) is 39.0 Å². The van der Waals surface area contributed by atoms with Crippen LogP contribution in [0.5, 0.6) is 5.75 Å². The number of rotatable bonds is 19. The van der Waals surface area contributed by atoms with E-state index >= 15 is 0 Å². The number of aliphatic hydroxyl groups excluding tert-OH is 1. The highest BCUT2D eigenvalue weighted by Crippen LogP contribution is 2.44. The van der Waals surface area contributed by atoms with Crippen molar-refractivity contribution in [2.24, 2.45) is 0 Å². The maximum Gasteiger partial charge on any atom is 0.167 e. The quantitative estimate of drug-likeness (QED) is 0.0390. The fourth-order valence-electron chi connectivity index (χ4n) is 18.7. The van der Waals surface area contributed by atoms with E-state index in [4.69, 9.17) is 42.8 Å². The molecule has 0 spiro atoms. The first-order chi connectivity index (χ1) is 49.5. The van der Waals surface area contributed by atoms with Gasteiger partial charge in [0, 0.05) is 80.0 Å². The van der Waals surface area contributed by atoms with E-state index in [0.29, 0.717) is 49.0 Å². The van der Waals surface area contributed by atoms with E-state index in [1.807, 2.05) is 27.7 Å². The number of benzene rings is 1. The number of aliphatic hydroxyl groups is 1. The molecule has 2 unspecified atom stereocenters. The monoisotopic (exact) mass is 1550 g/mol. The Morgan fingerprint density at radius 1 is 0.431 bits per heavy atom. The van der Waals surface area contributed by atoms with Crippen LogP contribution in [0.4, 0.5) is 0 Å². The molecule has 6 saturated heterocycles. The molecular formula is C90H176N6O13. The van der Waals surface area contributed by atoms with Crippen LogP contribution in [0.15, 0.2) is 12.1 Å². The summed E-state index contributed by atoms with van der Waals surface area (Å²) < 4.78 is 48.2. The summed E-state index contributed by atoms with van der Waals surface area (Å²) in [5.41, 5.74) is 3.16. The normalized spacial score (nSPS) is 26.3. The molecule has 0 aromatic heterocycles. The lowest BCUT2D eigenvalue weighted by atomic mass is 9.78. The molecule has 1 aromatic rings. The number of hydroxylamine groups is 2. The summed E-state index contributed by atoms with van der Waals surface area (Å²) in [6.45, 7) is 71.1. The van der Waals surface area contributed by atoms with E-state index in [9.17, 15) is 20.7 Å². The predicted octanol–water partition coefficient (Wildman–Crippen LogP) is 19.8. The van der Waals surface area contributed by atoms with Crippen LogP contribution in [-0.4, -0.2) is 199 Å². The maximum absolute atomic E-state index is 11.3. The third-order valence-corrected chi connectivity index (χ3v) is 24.1. The number of nitrogens with zero attached hydrogens (tertiary/aromatic N) is 3. The van der Waals surface area contributed by atoms with Gasteiger partial charge in [0.05, 0.1) is 36.6 Å². The zero-order chi connectivity index (χ0) is 83.7. The Hall–Kier alpha value is -1.70. The van der Waals surface area contributed by atoms with Gasteiger partial charge in [0.2, 0.25) is 0 Å². The van der Waals surface area contributed by atoms with Gasteiger partial charge < -0.3 is 69.3 Å². The molecular weight excluding hydrogens is 1370 g/mol. The number of phenols is 1. The topological polar surface area (TPSA) is 210 Å². The zero-order valence-corrected chi connectivity index (χ0v) is 77.2. The molecule has 19 heteroatoms. The van der Waals surface area contributed by atoms with E-state index in [-0.39, 0.29) is 123 Å². The van der Waals surface area contributed by atoms with Crippen LogP contribution in [0.2, 0.25) is 0 Å². The molecule has 2 atom stereocenters. The summed E-state index contributed by atoms with van der Waals surface area (Å²) in [4.78, 5) is 9.63. The molecule has 7 aliphatic rings. The van der Waals surface area contributed by atoms with Gasteiger partial charge in [-0.1, -0.05) is 112 Å². The average Bonchev–Trinajstić information content (AvgIpc) is 0.812. The third-order valence-electron chi connectivity index (χ3n) is 24.1. The van der Waals surface area contributed by atoms with E-state index in [1.165, 1.54) is 56.4 Å². The number of methoxy groups -OCH3 is 1.